The molecule has 2 aromatic carbocycles. The van der Waals surface area contributed by atoms with Crippen LogP contribution in [0, 0.1) is 0 Å². The van der Waals surface area contributed by atoms with Gasteiger partial charge in [-0.15, -0.1) is 0 Å². The third-order valence-electron chi connectivity index (χ3n) is 4.94. The van der Waals surface area contributed by atoms with E-state index in [9.17, 15) is 13.2 Å². The topological polar surface area (TPSA) is 25.2 Å². The number of para-hydroxylation sites is 1. The van der Waals surface area contributed by atoms with Crippen molar-refractivity contribution in [3.05, 3.63) is 77.0 Å². The number of aromatic nitrogens is 1. The second-order valence-corrected chi connectivity index (χ2v) is 7.21. The highest BCUT2D eigenvalue weighted by atomic mass is 19.4. The number of halogens is 5. The van der Waals surface area contributed by atoms with Gasteiger partial charge in [0, 0.05) is 16.5 Å². The van der Waals surface area contributed by atoms with E-state index in [1.165, 1.54) is 6.07 Å². The lowest BCUT2D eigenvalue weighted by molar-refractivity contribution is -0.145. The third-order valence-corrected chi connectivity index (χ3v) is 4.94. The second kappa shape index (κ2) is 5.83. The maximum Gasteiger partial charge on any atom is 0.416 e. The molecule has 2 nitrogen and oxygen atoms in total. The summed E-state index contributed by atoms with van der Waals surface area (Å²) in [4.78, 5) is 8.59. The molecule has 0 bridgehead atoms. The van der Waals surface area contributed by atoms with Crippen LogP contribution in [0.5, 0.6) is 0 Å². The normalized spacial score (nSPS) is 17.9. The first kappa shape index (κ1) is 18.5. The fraction of sp³-hybridized carbons (Fsp3) is 0.238. The zero-order valence-electron chi connectivity index (χ0n) is 15.0. The summed E-state index contributed by atoms with van der Waals surface area (Å²) in [7, 11) is 0. The van der Waals surface area contributed by atoms with Crippen LogP contribution in [0.1, 0.15) is 36.2 Å². The minimum Gasteiger partial charge on any atom is -0.270 e. The van der Waals surface area contributed by atoms with Gasteiger partial charge >= 0.3 is 6.18 Å². The van der Waals surface area contributed by atoms with Gasteiger partial charge < -0.3 is 0 Å². The summed E-state index contributed by atoms with van der Waals surface area (Å²) < 4.78 is 70.7. The first-order valence-electron chi connectivity index (χ1n) is 8.57. The number of pyridine rings is 1. The quantitative estimate of drug-likeness (QED) is 0.470. The van der Waals surface area contributed by atoms with Crippen LogP contribution in [0.2, 0.25) is 0 Å². The van der Waals surface area contributed by atoms with Crippen LogP contribution >= 0.6 is 0 Å². The monoisotopic (exact) mass is 390 g/mol. The Hall–Kier alpha value is -2.83. The smallest absolute Gasteiger partial charge is 0.270 e. The highest BCUT2D eigenvalue weighted by Crippen LogP contribution is 2.50. The maximum atomic E-state index is 15.1. The fourth-order valence-electron chi connectivity index (χ4n) is 3.43. The standard InChI is InChI=1S/C21H15F5N2/c1-19(2)20(22,23)17-13(7-5-8-14(17)21(24,25)26)18(28-19)16-11-10-12-6-3-4-9-15(12)27-16/h3-11H,1-2H3. The van der Waals surface area contributed by atoms with Gasteiger partial charge in [0.25, 0.3) is 5.92 Å². The van der Waals surface area contributed by atoms with Crippen LogP contribution in [-0.4, -0.2) is 16.2 Å². The molecule has 3 aromatic rings. The van der Waals surface area contributed by atoms with E-state index >= 15 is 8.78 Å². The molecular weight excluding hydrogens is 375 g/mol. The summed E-state index contributed by atoms with van der Waals surface area (Å²) in [6, 6.07) is 13.6. The molecule has 0 aliphatic carbocycles. The molecule has 0 amide bonds. The van der Waals surface area contributed by atoms with Gasteiger partial charge in [-0.25, -0.2) is 4.98 Å². The average molecular weight is 390 g/mol. The largest absolute Gasteiger partial charge is 0.416 e. The minimum atomic E-state index is -4.91. The Morgan fingerprint density at radius 1 is 0.857 bits per heavy atom. The van der Waals surface area contributed by atoms with Crippen molar-refractivity contribution in [2.24, 2.45) is 4.99 Å². The van der Waals surface area contributed by atoms with Crippen LogP contribution in [0.4, 0.5) is 22.0 Å². The molecule has 0 saturated carbocycles. The molecule has 0 N–H and O–H groups in total. The second-order valence-electron chi connectivity index (χ2n) is 7.21. The number of aliphatic imine (C=N–C) groups is 1. The lowest BCUT2D eigenvalue weighted by Gasteiger charge is -2.38. The van der Waals surface area contributed by atoms with Crippen molar-refractivity contribution in [1.82, 2.24) is 4.98 Å². The average Bonchev–Trinajstić information content (AvgIpc) is 2.63. The molecule has 2 heterocycles. The molecule has 0 saturated heterocycles. The van der Waals surface area contributed by atoms with Crippen molar-refractivity contribution >= 4 is 16.6 Å². The highest BCUT2D eigenvalue weighted by Gasteiger charge is 2.56. The Kier molecular flexibility index (Phi) is 3.86. The molecule has 1 aliphatic heterocycles. The summed E-state index contributed by atoms with van der Waals surface area (Å²) in [5, 5.41) is 0.830. The van der Waals surface area contributed by atoms with Crippen LogP contribution < -0.4 is 0 Å². The molecular formula is C21H15F5N2. The van der Waals surface area contributed by atoms with Gasteiger partial charge in [0.05, 0.1) is 22.5 Å². The zero-order valence-corrected chi connectivity index (χ0v) is 15.0. The van der Waals surface area contributed by atoms with Crippen molar-refractivity contribution < 1.29 is 22.0 Å². The Morgan fingerprint density at radius 2 is 1.57 bits per heavy atom. The van der Waals surface area contributed by atoms with Gasteiger partial charge in [-0.05, 0) is 32.0 Å². The minimum absolute atomic E-state index is 0.0304. The predicted octanol–water partition coefficient (Wildman–Crippen LogP) is 5.98. The van der Waals surface area contributed by atoms with E-state index in [0.29, 0.717) is 11.6 Å². The molecule has 1 aliphatic rings. The van der Waals surface area contributed by atoms with Crippen LogP contribution in [-0.2, 0) is 12.1 Å². The molecule has 4 rings (SSSR count). The van der Waals surface area contributed by atoms with Crippen LogP contribution in [0.25, 0.3) is 10.9 Å². The summed E-state index contributed by atoms with van der Waals surface area (Å²) in [5.74, 6) is -3.80. The van der Waals surface area contributed by atoms with Crippen molar-refractivity contribution in [2.75, 3.05) is 0 Å². The van der Waals surface area contributed by atoms with E-state index in [0.717, 1.165) is 25.3 Å². The highest BCUT2D eigenvalue weighted by molar-refractivity contribution is 6.14. The van der Waals surface area contributed by atoms with E-state index in [4.69, 9.17) is 0 Å². The van der Waals surface area contributed by atoms with E-state index < -0.39 is 28.8 Å². The lowest BCUT2D eigenvalue weighted by atomic mass is 9.79. The number of alkyl halides is 5. The van der Waals surface area contributed by atoms with Crippen molar-refractivity contribution in [3.63, 3.8) is 0 Å². The van der Waals surface area contributed by atoms with Crippen LogP contribution in [0.3, 0.4) is 0 Å². The fourth-order valence-corrected chi connectivity index (χ4v) is 3.43. The van der Waals surface area contributed by atoms with Gasteiger partial charge in [0.2, 0.25) is 0 Å². The van der Waals surface area contributed by atoms with E-state index in [1.807, 2.05) is 12.1 Å². The number of nitrogens with zero attached hydrogens (tertiary/aromatic N) is 2. The Morgan fingerprint density at radius 3 is 2.29 bits per heavy atom. The first-order chi connectivity index (χ1) is 13.0. The molecule has 28 heavy (non-hydrogen) atoms. The van der Waals surface area contributed by atoms with Gasteiger partial charge in [-0.3, -0.25) is 4.99 Å². The summed E-state index contributed by atoms with van der Waals surface area (Å²) in [5.41, 5.74) is -3.83. The number of rotatable bonds is 1. The molecule has 0 unspecified atom stereocenters. The van der Waals surface area contributed by atoms with Gasteiger partial charge in [-0.2, -0.15) is 22.0 Å². The van der Waals surface area contributed by atoms with Crippen molar-refractivity contribution in [3.8, 4) is 0 Å². The van der Waals surface area contributed by atoms with Gasteiger partial charge in [0.1, 0.15) is 5.54 Å². The lowest BCUT2D eigenvalue weighted by Crippen LogP contribution is -2.45. The Balaban J connectivity index is 2.03. The summed E-state index contributed by atoms with van der Waals surface area (Å²) >= 11 is 0. The molecule has 0 atom stereocenters. The Bertz CT molecular complexity index is 1110. The Labute approximate surface area is 157 Å². The third kappa shape index (κ3) is 2.68. The number of fused-ring (bicyclic) bond motifs is 2. The summed E-state index contributed by atoms with van der Waals surface area (Å²) in [6.45, 7) is 2.26. The number of benzene rings is 2. The van der Waals surface area contributed by atoms with E-state index in [-0.39, 0.29) is 17.0 Å². The van der Waals surface area contributed by atoms with E-state index in [1.54, 1.807) is 24.3 Å². The van der Waals surface area contributed by atoms with Gasteiger partial charge in [0.15, 0.2) is 0 Å². The molecule has 144 valence electrons. The number of hydrogen-bond acceptors (Lipinski definition) is 2. The van der Waals surface area contributed by atoms with E-state index in [2.05, 4.69) is 9.98 Å². The molecule has 0 fully saturated rings. The van der Waals surface area contributed by atoms with Crippen molar-refractivity contribution in [1.29, 1.82) is 0 Å². The SMILES string of the molecule is CC1(C)N=C(c2ccc3ccccc3n2)c2cccc(C(F)(F)F)c2C1(F)F. The zero-order chi connectivity index (χ0) is 20.3. The van der Waals surface area contributed by atoms with Gasteiger partial charge in [-0.1, -0.05) is 36.4 Å². The molecule has 1 aromatic heterocycles. The maximum absolute atomic E-state index is 15.1. The number of hydrogen-bond donors (Lipinski definition) is 0. The first-order valence-corrected chi connectivity index (χ1v) is 8.57. The summed E-state index contributed by atoms with van der Waals surface area (Å²) in [6.07, 6.45) is -4.91. The molecule has 0 spiro atoms. The van der Waals surface area contributed by atoms with Crippen molar-refractivity contribution in [2.45, 2.75) is 31.5 Å². The predicted molar refractivity (Wildman–Crippen MR) is 96.8 cm³/mol. The molecule has 0 radical (unpaired) electrons. The van der Waals surface area contributed by atoms with Crippen LogP contribution in [0.15, 0.2) is 59.6 Å². The molecule has 7 heteroatoms.